The highest BCUT2D eigenvalue weighted by molar-refractivity contribution is 7.89. The average Bonchev–Trinajstić information content (AvgIpc) is 2.90. The summed E-state index contributed by atoms with van der Waals surface area (Å²) in [6.45, 7) is -0.164. The van der Waals surface area contributed by atoms with E-state index < -0.39 is 50.7 Å². The van der Waals surface area contributed by atoms with Crippen LogP contribution in [0.4, 0.5) is 18.9 Å². The van der Waals surface area contributed by atoms with Crippen molar-refractivity contribution in [1.29, 1.82) is 0 Å². The molecule has 7 nitrogen and oxygen atoms in total. The Morgan fingerprint density at radius 3 is 2.48 bits per heavy atom. The zero-order valence-corrected chi connectivity index (χ0v) is 15.7. The van der Waals surface area contributed by atoms with E-state index in [0.29, 0.717) is 13.0 Å². The van der Waals surface area contributed by atoms with Crippen LogP contribution in [0.15, 0.2) is 41.3 Å². The minimum Gasteiger partial charge on any atom is -0.355 e. The van der Waals surface area contributed by atoms with Gasteiger partial charge in [0.25, 0.3) is 5.91 Å². The van der Waals surface area contributed by atoms with Crippen molar-refractivity contribution in [2.75, 3.05) is 25.0 Å². The molecule has 2 aromatic rings. The van der Waals surface area contributed by atoms with Crippen molar-refractivity contribution >= 4 is 27.5 Å². The van der Waals surface area contributed by atoms with Gasteiger partial charge in [0.1, 0.15) is 10.7 Å². The zero-order chi connectivity index (χ0) is 21.2. The smallest absolute Gasteiger partial charge is 0.255 e. The van der Waals surface area contributed by atoms with Crippen LogP contribution in [0.3, 0.4) is 0 Å². The summed E-state index contributed by atoms with van der Waals surface area (Å²) < 4.78 is 67.0. The van der Waals surface area contributed by atoms with Gasteiger partial charge in [0.15, 0.2) is 11.6 Å². The quantitative estimate of drug-likeness (QED) is 0.779. The molecule has 1 heterocycles. The van der Waals surface area contributed by atoms with E-state index in [2.05, 4.69) is 10.6 Å². The Bertz CT molecular complexity index is 1080. The first-order valence-corrected chi connectivity index (χ1v) is 9.95. The first-order valence-electron chi connectivity index (χ1n) is 8.51. The number of amides is 2. The van der Waals surface area contributed by atoms with E-state index >= 15 is 0 Å². The normalized spacial score (nSPS) is 15.5. The number of carbonyl (C=O) groups excluding carboxylic acids is 2. The molecule has 1 fully saturated rings. The van der Waals surface area contributed by atoms with E-state index in [1.807, 2.05) is 0 Å². The summed E-state index contributed by atoms with van der Waals surface area (Å²) >= 11 is 0. The molecule has 2 amide bonds. The summed E-state index contributed by atoms with van der Waals surface area (Å²) in [5, 5.41) is 4.80. The van der Waals surface area contributed by atoms with Crippen LogP contribution in [-0.2, 0) is 14.8 Å². The molecule has 11 heteroatoms. The Kier molecular flexibility index (Phi) is 5.89. The molecule has 0 aromatic heterocycles. The summed E-state index contributed by atoms with van der Waals surface area (Å²) in [7, 11) is -4.38. The maximum absolute atomic E-state index is 14.3. The van der Waals surface area contributed by atoms with Crippen molar-refractivity contribution in [1.82, 2.24) is 9.62 Å². The topological polar surface area (TPSA) is 95.6 Å². The van der Waals surface area contributed by atoms with Crippen molar-refractivity contribution in [3.8, 4) is 0 Å². The van der Waals surface area contributed by atoms with Gasteiger partial charge in [-0.15, -0.1) is 0 Å². The molecule has 1 saturated heterocycles. The molecule has 1 aliphatic heterocycles. The number of hydrogen-bond donors (Lipinski definition) is 2. The lowest BCUT2D eigenvalue weighted by Crippen LogP contribution is -2.37. The number of sulfonamides is 1. The highest BCUT2D eigenvalue weighted by Gasteiger charge is 2.31. The number of carbonyl (C=O) groups is 2. The number of anilines is 1. The summed E-state index contributed by atoms with van der Waals surface area (Å²) in [4.78, 5) is 23.3. The molecule has 154 valence electrons. The standard InChI is InChI=1S/C18H16F3N3O4S/c19-13-5-3-12(9-15(13)21)23-18(26)11-2-4-14(20)16(8-11)29(27,28)24-7-1-6-22-17(25)10-24/h2-5,8-9H,1,6-7,10H2,(H,22,25)(H,23,26). The number of halogens is 3. The first kappa shape index (κ1) is 20.8. The predicted octanol–water partition coefficient (Wildman–Crippen LogP) is 1.87. The van der Waals surface area contributed by atoms with Gasteiger partial charge in [0.05, 0.1) is 6.54 Å². The van der Waals surface area contributed by atoms with E-state index in [0.717, 1.165) is 40.7 Å². The van der Waals surface area contributed by atoms with Crippen molar-refractivity contribution in [2.45, 2.75) is 11.3 Å². The van der Waals surface area contributed by atoms with Crippen LogP contribution in [0.25, 0.3) is 0 Å². The molecule has 3 rings (SSSR count). The van der Waals surface area contributed by atoms with Crippen molar-refractivity contribution < 1.29 is 31.2 Å². The van der Waals surface area contributed by atoms with Crippen LogP contribution in [0.5, 0.6) is 0 Å². The fourth-order valence-electron chi connectivity index (χ4n) is 2.74. The maximum atomic E-state index is 14.3. The second kappa shape index (κ2) is 8.21. The third-order valence-corrected chi connectivity index (χ3v) is 6.08. The number of rotatable bonds is 4. The van der Waals surface area contributed by atoms with E-state index in [1.165, 1.54) is 0 Å². The number of nitrogens with one attached hydrogen (secondary N) is 2. The van der Waals surface area contributed by atoms with Gasteiger partial charge in [0.2, 0.25) is 15.9 Å². The Morgan fingerprint density at radius 1 is 1.03 bits per heavy atom. The second-order valence-corrected chi connectivity index (χ2v) is 8.18. The van der Waals surface area contributed by atoms with Crippen LogP contribution in [0, 0.1) is 17.5 Å². The molecule has 0 spiro atoms. The van der Waals surface area contributed by atoms with Crippen LogP contribution in [0.2, 0.25) is 0 Å². The highest BCUT2D eigenvalue weighted by Crippen LogP contribution is 2.23. The lowest BCUT2D eigenvalue weighted by Gasteiger charge is -2.19. The van der Waals surface area contributed by atoms with Gasteiger partial charge in [-0.2, -0.15) is 4.31 Å². The summed E-state index contributed by atoms with van der Waals surface area (Å²) in [5.41, 5.74) is -0.277. The van der Waals surface area contributed by atoms with Gasteiger partial charge in [-0.3, -0.25) is 9.59 Å². The van der Waals surface area contributed by atoms with E-state index in [1.54, 1.807) is 0 Å². The molecule has 2 N–H and O–H groups in total. The maximum Gasteiger partial charge on any atom is 0.255 e. The van der Waals surface area contributed by atoms with Crippen molar-refractivity contribution in [3.63, 3.8) is 0 Å². The lowest BCUT2D eigenvalue weighted by molar-refractivity contribution is -0.120. The molecule has 0 aliphatic carbocycles. The average molecular weight is 427 g/mol. The Labute approximate surface area is 164 Å². The molecule has 29 heavy (non-hydrogen) atoms. The number of benzene rings is 2. The van der Waals surface area contributed by atoms with Crippen molar-refractivity contribution in [3.05, 3.63) is 59.4 Å². The van der Waals surface area contributed by atoms with Crippen LogP contribution in [-0.4, -0.2) is 44.2 Å². The molecule has 0 unspecified atom stereocenters. The van der Waals surface area contributed by atoms with Gasteiger partial charge < -0.3 is 10.6 Å². The third-order valence-electron chi connectivity index (χ3n) is 4.22. The SMILES string of the molecule is O=C1CN(S(=O)(=O)c2cc(C(=O)Nc3ccc(F)c(F)c3)ccc2F)CCCN1. The molecule has 0 atom stereocenters. The van der Waals surface area contributed by atoms with Gasteiger partial charge in [0, 0.05) is 30.4 Å². The van der Waals surface area contributed by atoms with Gasteiger partial charge >= 0.3 is 0 Å². The van der Waals surface area contributed by atoms with E-state index in [-0.39, 0.29) is 17.8 Å². The van der Waals surface area contributed by atoms with E-state index in [4.69, 9.17) is 0 Å². The number of hydrogen-bond acceptors (Lipinski definition) is 4. The van der Waals surface area contributed by atoms with Crippen LogP contribution in [0.1, 0.15) is 16.8 Å². The Balaban J connectivity index is 1.89. The fourth-order valence-corrected chi connectivity index (χ4v) is 4.27. The minimum absolute atomic E-state index is 0.00575. The van der Waals surface area contributed by atoms with Gasteiger partial charge in [-0.25, -0.2) is 21.6 Å². The molecule has 1 aliphatic rings. The molecule has 0 bridgehead atoms. The molecular weight excluding hydrogens is 411 g/mol. The molecule has 0 radical (unpaired) electrons. The fraction of sp³-hybridized carbons (Fsp3) is 0.222. The summed E-state index contributed by atoms with van der Waals surface area (Å²) in [5.74, 6) is -4.72. The van der Waals surface area contributed by atoms with E-state index in [9.17, 15) is 31.2 Å². The summed E-state index contributed by atoms with van der Waals surface area (Å²) in [6, 6.07) is 5.39. The Morgan fingerprint density at radius 2 is 1.76 bits per heavy atom. The van der Waals surface area contributed by atoms with Crippen LogP contribution < -0.4 is 10.6 Å². The van der Waals surface area contributed by atoms with Gasteiger partial charge in [-0.1, -0.05) is 0 Å². The third kappa shape index (κ3) is 4.57. The number of nitrogens with zero attached hydrogens (tertiary/aromatic N) is 1. The molecular formula is C18H16F3N3O4S. The van der Waals surface area contributed by atoms with Gasteiger partial charge in [-0.05, 0) is 36.8 Å². The summed E-state index contributed by atoms with van der Waals surface area (Å²) in [6.07, 6.45) is 0.350. The first-order chi connectivity index (χ1) is 13.7. The predicted molar refractivity (Wildman–Crippen MR) is 97.1 cm³/mol. The van der Waals surface area contributed by atoms with Crippen molar-refractivity contribution in [2.24, 2.45) is 0 Å². The largest absolute Gasteiger partial charge is 0.355 e. The lowest BCUT2D eigenvalue weighted by atomic mass is 10.2. The minimum atomic E-state index is -4.38. The molecule has 2 aromatic carbocycles. The van der Waals surface area contributed by atoms with Crippen LogP contribution >= 0.6 is 0 Å². The monoisotopic (exact) mass is 427 g/mol. The zero-order valence-electron chi connectivity index (χ0n) is 14.9. The second-order valence-electron chi connectivity index (χ2n) is 6.27. The molecule has 0 saturated carbocycles. The Hall–Kier alpha value is -2.92. The highest BCUT2D eigenvalue weighted by atomic mass is 32.2.